The molecule has 0 aliphatic carbocycles. The third kappa shape index (κ3) is 2.52. The second kappa shape index (κ2) is 5.13. The predicted octanol–water partition coefficient (Wildman–Crippen LogP) is 3.07. The van der Waals surface area contributed by atoms with Gasteiger partial charge in [0.1, 0.15) is 15.9 Å². The third-order valence-electron chi connectivity index (χ3n) is 3.41. The maximum absolute atomic E-state index is 12.0. The van der Waals surface area contributed by atoms with Crippen molar-refractivity contribution in [1.82, 2.24) is 9.97 Å². The predicted molar refractivity (Wildman–Crippen MR) is 73.8 cm³/mol. The monoisotopic (exact) mass is 314 g/mol. The van der Waals surface area contributed by atoms with Gasteiger partial charge >= 0.3 is 0 Å². The molecule has 2 rings (SSSR count). The van der Waals surface area contributed by atoms with Crippen LogP contribution in [-0.4, -0.2) is 16.6 Å². The molecule has 18 heavy (non-hydrogen) atoms. The molecule has 1 unspecified atom stereocenters. The summed E-state index contributed by atoms with van der Waals surface area (Å²) in [6, 6.07) is 0. The number of nitrogens with one attached hydrogen (secondary N) is 1. The van der Waals surface area contributed by atoms with E-state index in [1.165, 1.54) is 0 Å². The van der Waals surface area contributed by atoms with Gasteiger partial charge in [-0.15, -0.1) is 0 Å². The second-order valence-electron chi connectivity index (χ2n) is 5.30. The number of hydrogen-bond donors (Lipinski definition) is 1. The molecule has 1 aliphatic rings. The molecule has 0 aromatic carbocycles. The molecule has 5 heteroatoms. The lowest BCUT2D eigenvalue weighted by molar-refractivity contribution is -0.0763. The number of ether oxygens (including phenoxy) is 1. The van der Waals surface area contributed by atoms with Gasteiger partial charge in [-0.05, 0) is 48.0 Å². The number of aromatic amines is 1. The Morgan fingerprint density at radius 2 is 2.17 bits per heavy atom. The molecule has 1 aromatic heterocycles. The summed E-state index contributed by atoms with van der Waals surface area (Å²) in [6.07, 6.45) is 3.08. The molecule has 1 saturated heterocycles. The molecule has 2 heterocycles. The first kappa shape index (κ1) is 13.7. The van der Waals surface area contributed by atoms with Gasteiger partial charge in [0.15, 0.2) is 0 Å². The number of rotatable bonds is 2. The molecular weight excluding hydrogens is 296 g/mol. The molecule has 0 amide bonds. The average molecular weight is 315 g/mol. The van der Waals surface area contributed by atoms with Crippen LogP contribution in [0.2, 0.25) is 0 Å². The van der Waals surface area contributed by atoms with Crippen LogP contribution in [0.15, 0.2) is 9.27 Å². The number of halogens is 1. The van der Waals surface area contributed by atoms with E-state index in [1.807, 2.05) is 20.8 Å². The van der Waals surface area contributed by atoms with E-state index in [0.717, 1.165) is 31.6 Å². The highest BCUT2D eigenvalue weighted by Gasteiger charge is 2.33. The third-order valence-corrected chi connectivity index (χ3v) is 4.17. The van der Waals surface area contributed by atoms with Gasteiger partial charge in [0, 0.05) is 6.61 Å². The minimum absolute atomic E-state index is 0.126. The van der Waals surface area contributed by atoms with E-state index in [0.29, 0.717) is 10.3 Å². The van der Waals surface area contributed by atoms with Gasteiger partial charge in [-0.2, -0.15) is 0 Å². The second-order valence-corrected chi connectivity index (χ2v) is 6.10. The normalized spacial score (nSPS) is 24.5. The highest BCUT2D eigenvalue weighted by Crippen LogP contribution is 2.33. The van der Waals surface area contributed by atoms with Gasteiger partial charge < -0.3 is 9.72 Å². The quantitative estimate of drug-likeness (QED) is 0.912. The SMILES string of the molecule is CC(C)c1nc(C2(C)CCCCO2)[nH]c(=O)c1Br. The van der Waals surface area contributed by atoms with Crippen molar-refractivity contribution in [3.63, 3.8) is 0 Å². The molecular formula is C13H19BrN2O2. The van der Waals surface area contributed by atoms with E-state index >= 15 is 0 Å². The number of nitrogens with zero attached hydrogens (tertiary/aromatic N) is 1. The molecule has 0 spiro atoms. The molecule has 4 nitrogen and oxygen atoms in total. The van der Waals surface area contributed by atoms with Gasteiger partial charge in [0.2, 0.25) is 0 Å². The standard InChI is InChI=1S/C13H19BrN2O2/c1-8(2)10-9(14)11(17)16-12(15-10)13(3)6-4-5-7-18-13/h8H,4-7H2,1-3H3,(H,15,16,17). The lowest BCUT2D eigenvalue weighted by Crippen LogP contribution is -2.35. The minimum Gasteiger partial charge on any atom is -0.367 e. The van der Waals surface area contributed by atoms with Crippen molar-refractivity contribution < 1.29 is 4.74 Å². The molecule has 100 valence electrons. The summed E-state index contributed by atoms with van der Waals surface area (Å²) in [5.41, 5.74) is 0.213. The Morgan fingerprint density at radius 3 is 2.72 bits per heavy atom. The van der Waals surface area contributed by atoms with Crippen molar-refractivity contribution in [3.05, 3.63) is 26.3 Å². The van der Waals surface area contributed by atoms with Crippen molar-refractivity contribution in [2.75, 3.05) is 6.61 Å². The smallest absolute Gasteiger partial charge is 0.265 e. The first-order valence-electron chi connectivity index (χ1n) is 6.38. The molecule has 1 atom stereocenters. The minimum atomic E-state index is -0.457. The lowest BCUT2D eigenvalue weighted by atomic mass is 9.94. The van der Waals surface area contributed by atoms with E-state index < -0.39 is 5.60 Å². The van der Waals surface area contributed by atoms with Crippen LogP contribution in [0.4, 0.5) is 0 Å². The zero-order valence-corrected chi connectivity index (χ0v) is 12.6. The molecule has 1 aromatic rings. The van der Waals surface area contributed by atoms with Gasteiger partial charge in [-0.25, -0.2) is 4.98 Å². The zero-order valence-electron chi connectivity index (χ0n) is 11.0. The van der Waals surface area contributed by atoms with Crippen LogP contribution >= 0.6 is 15.9 Å². The summed E-state index contributed by atoms with van der Waals surface area (Å²) in [5, 5.41) is 0. The van der Waals surface area contributed by atoms with Crippen LogP contribution in [0.25, 0.3) is 0 Å². The zero-order chi connectivity index (χ0) is 13.3. The van der Waals surface area contributed by atoms with Crippen LogP contribution in [0, 0.1) is 0 Å². The Kier molecular flexibility index (Phi) is 3.92. The van der Waals surface area contributed by atoms with E-state index in [1.54, 1.807) is 0 Å². The Labute approximate surface area is 115 Å². The summed E-state index contributed by atoms with van der Waals surface area (Å²) >= 11 is 3.31. The highest BCUT2D eigenvalue weighted by molar-refractivity contribution is 9.10. The van der Waals surface area contributed by atoms with Crippen LogP contribution in [0.1, 0.15) is 57.5 Å². The summed E-state index contributed by atoms with van der Waals surface area (Å²) in [5.74, 6) is 0.853. The maximum Gasteiger partial charge on any atom is 0.265 e. The molecule has 1 N–H and O–H groups in total. The Hall–Kier alpha value is -0.680. The molecule has 0 saturated carbocycles. The Balaban J connectivity index is 2.48. The van der Waals surface area contributed by atoms with Crippen LogP contribution < -0.4 is 5.56 Å². The number of aromatic nitrogens is 2. The molecule has 1 aliphatic heterocycles. The average Bonchev–Trinajstić information content (AvgIpc) is 2.33. The fraction of sp³-hybridized carbons (Fsp3) is 0.692. The van der Waals surface area contributed by atoms with Crippen LogP contribution in [0.5, 0.6) is 0 Å². The van der Waals surface area contributed by atoms with Gasteiger partial charge in [-0.3, -0.25) is 4.79 Å². The highest BCUT2D eigenvalue weighted by atomic mass is 79.9. The van der Waals surface area contributed by atoms with E-state index in [9.17, 15) is 4.79 Å². The van der Waals surface area contributed by atoms with Crippen molar-refractivity contribution in [2.24, 2.45) is 0 Å². The van der Waals surface area contributed by atoms with Gasteiger partial charge in [0.25, 0.3) is 5.56 Å². The summed E-state index contributed by atoms with van der Waals surface area (Å²) < 4.78 is 6.36. The topological polar surface area (TPSA) is 55.0 Å². The summed E-state index contributed by atoms with van der Waals surface area (Å²) in [6.45, 7) is 6.79. The Bertz CT molecular complexity index is 490. The van der Waals surface area contributed by atoms with Crippen molar-refractivity contribution in [2.45, 2.75) is 51.6 Å². The van der Waals surface area contributed by atoms with Crippen molar-refractivity contribution in [1.29, 1.82) is 0 Å². The first-order chi connectivity index (χ1) is 8.44. The first-order valence-corrected chi connectivity index (χ1v) is 7.17. The maximum atomic E-state index is 12.0. The fourth-order valence-electron chi connectivity index (χ4n) is 2.23. The lowest BCUT2D eigenvalue weighted by Gasteiger charge is -2.33. The largest absolute Gasteiger partial charge is 0.367 e. The molecule has 0 radical (unpaired) electrons. The van der Waals surface area contributed by atoms with E-state index in [-0.39, 0.29) is 11.5 Å². The van der Waals surface area contributed by atoms with Gasteiger partial charge in [0.05, 0.1) is 5.69 Å². The Morgan fingerprint density at radius 1 is 1.44 bits per heavy atom. The summed E-state index contributed by atoms with van der Waals surface area (Å²) in [4.78, 5) is 19.4. The fourth-order valence-corrected chi connectivity index (χ4v) is 2.88. The van der Waals surface area contributed by atoms with E-state index in [2.05, 4.69) is 25.9 Å². The van der Waals surface area contributed by atoms with Gasteiger partial charge in [-0.1, -0.05) is 13.8 Å². The van der Waals surface area contributed by atoms with Crippen molar-refractivity contribution >= 4 is 15.9 Å². The number of H-pyrrole nitrogens is 1. The van der Waals surface area contributed by atoms with Crippen LogP contribution in [0.3, 0.4) is 0 Å². The molecule has 1 fully saturated rings. The molecule has 0 bridgehead atoms. The van der Waals surface area contributed by atoms with Crippen molar-refractivity contribution in [3.8, 4) is 0 Å². The van der Waals surface area contributed by atoms with E-state index in [4.69, 9.17) is 4.74 Å². The summed E-state index contributed by atoms with van der Waals surface area (Å²) in [7, 11) is 0. The van der Waals surface area contributed by atoms with Crippen LogP contribution in [-0.2, 0) is 10.3 Å². The number of hydrogen-bond acceptors (Lipinski definition) is 3.